The Morgan fingerprint density at radius 1 is 1.09 bits per heavy atom. The van der Waals surface area contributed by atoms with E-state index in [2.05, 4.69) is 15.6 Å². The molecule has 3 amide bonds. The number of benzene rings is 2. The molecular formula is C24H21ClN4O4S. The number of anilines is 3. The predicted octanol–water partition coefficient (Wildman–Crippen LogP) is 4.85. The van der Waals surface area contributed by atoms with E-state index < -0.39 is 11.8 Å². The third kappa shape index (κ3) is 4.52. The molecule has 0 bridgehead atoms. The first kappa shape index (κ1) is 23.5. The fraction of sp³-hybridized carbons (Fsp3) is 0.167. The Kier molecular flexibility index (Phi) is 6.67. The lowest BCUT2D eigenvalue weighted by Gasteiger charge is -2.18. The molecule has 0 saturated carbocycles. The van der Waals surface area contributed by atoms with Crippen LogP contribution in [0, 0.1) is 13.8 Å². The Balaban J connectivity index is 1.50. The second kappa shape index (κ2) is 9.66. The van der Waals surface area contributed by atoms with Crippen molar-refractivity contribution in [3.63, 3.8) is 0 Å². The molecule has 0 spiro atoms. The topological polar surface area (TPSA) is 101 Å². The molecule has 2 aromatic carbocycles. The van der Waals surface area contributed by atoms with E-state index >= 15 is 0 Å². The van der Waals surface area contributed by atoms with Gasteiger partial charge in [0.1, 0.15) is 16.5 Å². The fourth-order valence-electron chi connectivity index (χ4n) is 3.29. The Bertz CT molecular complexity index is 1300. The SMILES string of the molecule is CCOc1ccccc1N1C(=O)C(Cl)=C(Nc2ccc(C(=O)Nc3nc(C)c(C)s3)cc2)C1=O. The second-order valence-corrected chi connectivity index (χ2v) is 8.93. The first-order chi connectivity index (χ1) is 16.3. The smallest absolute Gasteiger partial charge is 0.283 e. The van der Waals surface area contributed by atoms with Crippen molar-refractivity contribution in [3.8, 4) is 5.75 Å². The van der Waals surface area contributed by atoms with E-state index in [1.807, 2.05) is 20.8 Å². The number of carbonyl (C=O) groups is 3. The van der Waals surface area contributed by atoms with Crippen LogP contribution >= 0.6 is 22.9 Å². The maximum atomic E-state index is 13.1. The highest BCUT2D eigenvalue weighted by Gasteiger charge is 2.40. The Morgan fingerprint density at radius 3 is 2.44 bits per heavy atom. The van der Waals surface area contributed by atoms with Crippen LogP contribution in [0.15, 0.2) is 59.3 Å². The molecule has 3 aromatic rings. The number of aromatic nitrogens is 1. The lowest BCUT2D eigenvalue weighted by atomic mass is 10.2. The van der Waals surface area contributed by atoms with Gasteiger partial charge >= 0.3 is 0 Å². The van der Waals surface area contributed by atoms with Gasteiger partial charge in [-0.25, -0.2) is 9.88 Å². The zero-order chi connectivity index (χ0) is 24.4. The average Bonchev–Trinajstić information content (AvgIpc) is 3.24. The van der Waals surface area contributed by atoms with E-state index in [4.69, 9.17) is 16.3 Å². The van der Waals surface area contributed by atoms with E-state index in [1.54, 1.807) is 48.5 Å². The lowest BCUT2D eigenvalue weighted by Crippen LogP contribution is -2.32. The van der Waals surface area contributed by atoms with Crippen LogP contribution in [0.3, 0.4) is 0 Å². The molecule has 0 saturated heterocycles. The molecule has 34 heavy (non-hydrogen) atoms. The van der Waals surface area contributed by atoms with E-state index in [9.17, 15) is 14.4 Å². The molecule has 1 aliphatic heterocycles. The van der Waals surface area contributed by atoms with Gasteiger partial charge in [-0.1, -0.05) is 23.7 Å². The standard InChI is InChI=1S/C24H21ClN4O4S/c1-4-33-18-8-6-5-7-17(18)29-22(31)19(25)20(23(29)32)27-16-11-9-15(10-12-16)21(30)28-24-26-13(2)14(3)34-24/h5-12,27H,4H2,1-3H3,(H,26,28,30). The van der Waals surface area contributed by atoms with Crippen molar-refractivity contribution in [1.29, 1.82) is 0 Å². The van der Waals surface area contributed by atoms with Crippen LogP contribution in [0.25, 0.3) is 0 Å². The maximum Gasteiger partial charge on any atom is 0.283 e. The summed E-state index contributed by atoms with van der Waals surface area (Å²) in [7, 11) is 0. The number of hydrogen-bond donors (Lipinski definition) is 2. The van der Waals surface area contributed by atoms with Crippen LogP contribution in [0.1, 0.15) is 27.9 Å². The number of thiazole rings is 1. The third-order valence-electron chi connectivity index (χ3n) is 5.10. The van der Waals surface area contributed by atoms with Crippen molar-refractivity contribution in [1.82, 2.24) is 4.98 Å². The minimum Gasteiger partial charge on any atom is -0.492 e. The number of halogens is 1. The van der Waals surface area contributed by atoms with Gasteiger partial charge in [0.05, 0.1) is 18.0 Å². The average molecular weight is 497 g/mol. The van der Waals surface area contributed by atoms with Gasteiger partial charge in [-0.3, -0.25) is 19.7 Å². The van der Waals surface area contributed by atoms with Crippen LogP contribution in [-0.2, 0) is 9.59 Å². The van der Waals surface area contributed by atoms with E-state index in [1.165, 1.54) is 11.3 Å². The van der Waals surface area contributed by atoms with Gasteiger partial charge in [-0.05, 0) is 57.2 Å². The first-order valence-corrected chi connectivity index (χ1v) is 11.6. The lowest BCUT2D eigenvalue weighted by molar-refractivity contribution is -0.120. The molecule has 1 aliphatic rings. The fourth-order valence-corrected chi connectivity index (χ4v) is 4.32. The third-order valence-corrected chi connectivity index (χ3v) is 6.44. The number of amides is 3. The summed E-state index contributed by atoms with van der Waals surface area (Å²) in [6, 6.07) is 13.2. The molecule has 0 aliphatic carbocycles. The molecule has 8 nitrogen and oxygen atoms in total. The monoisotopic (exact) mass is 496 g/mol. The zero-order valence-electron chi connectivity index (χ0n) is 18.6. The van der Waals surface area contributed by atoms with Crippen LogP contribution in [0.5, 0.6) is 5.75 Å². The molecule has 2 N–H and O–H groups in total. The summed E-state index contributed by atoms with van der Waals surface area (Å²) in [6.07, 6.45) is 0. The molecule has 0 fully saturated rings. The Labute approximate surface area is 205 Å². The van der Waals surface area contributed by atoms with Crippen LogP contribution < -0.4 is 20.3 Å². The van der Waals surface area contributed by atoms with Crippen molar-refractivity contribution >= 4 is 57.2 Å². The highest BCUT2D eigenvalue weighted by Crippen LogP contribution is 2.35. The molecule has 4 rings (SSSR count). The minimum absolute atomic E-state index is 0.0519. The number of imide groups is 1. The summed E-state index contributed by atoms with van der Waals surface area (Å²) in [5, 5.41) is 5.97. The maximum absolute atomic E-state index is 13.1. The molecule has 10 heteroatoms. The number of aryl methyl sites for hydroxylation is 2. The summed E-state index contributed by atoms with van der Waals surface area (Å²) in [4.78, 5) is 44.7. The van der Waals surface area contributed by atoms with Crippen molar-refractivity contribution < 1.29 is 19.1 Å². The van der Waals surface area contributed by atoms with Gasteiger partial charge in [-0.15, -0.1) is 11.3 Å². The molecule has 2 heterocycles. The number of ether oxygens (including phenoxy) is 1. The van der Waals surface area contributed by atoms with Crippen LogP contribution in [0.2, 0.25) is 0 Å². The number of hydrogen-bond acceptors (Lipinski definition) is 7. The quantitative estimate of drug-likeness (QED) is 0.454. The van der Waals surface area contributed by atoms with Crippen molar-refractivity contribution in [2.24, 2.45) is 0 Å². The van der Waals surface area contributed by atoms with E-state index in [-0.39, 0.29) is 16.6 Å². The summed E-state index contributed by atoms with van der Waals surface area (Å²) in [5.74, 6) is -1.15. The highest BCUT2D eigenvalue weighted by atomic mass is 35.5. The van der Waals surface area contributed by atoms with E-state index in [0.717, 1.165) is 15.5 Å². The summed E-state index contributed by atoms with van der Waals surface area (Å²) in [5.41, 5.74) is 2.04. The predicted molar refractivity (Wildman–Crippen MR) is 133 cm³/mol. The van der Waals surface area contributed by atoms with Gasteiger partial charge in [0.2, 0.25) is 0 Å². The van der Waals surface area contributed by atoms with E-state index in [0.29, 0.717) is 34.4 Å². The number of nitrogens with zero attached hydrogens (tertiary/aromatic N) is 2. The van der Waals surface area contributed by atoms with Crippen molar-refractivity contribution in [2.45, 2.75) is 20.8 Å². The molecule has 1 aromatic heterocycles. The molecule has 0 unspecified atom stereocenters. The van der Waals surface area contributed by atoms with Gasteiger partial charge in [0, 0.05) is 16.1 Å². The number of nitrogens with one attached hydrogen (secondary N) is 2. The van der Waals surface area contributed by atoms with Crippen LogP contribution in [0.4, 0.5) is 16.5 Å². The van der Waals surface area contributed by atoms with Gasteiger partial charge in [0.15, 0.2) is 5.13 Å². The number of carbonyl (C=O) groups excluding carboxylic acids is 3. The minimum atomic E-state index is -0.647. The zero-order valence-corrected chi connectivity index (χ0v) is 20.2. The normalized spacial score (nSPS) is 13.5. The second-order valence-electron chi connectivity index (χ2n) is 7.35. The first-order valence-electron chi connectivity index (χ1n) is 10.4. The molecule has 0 atom stereocenters. The van der Waals surface area contributed by atoms with Crippen molar-refractivity contribution in [3.05, 3.63) is 75.4 Å². The molecule has 174 valence electrons. The summed E-state index contributed by atoms with van der Waals surface area (Å²) in [6.45, 7) is 6.01. The number of para-hydroxylation sites is 2. The Hall–Kier alpha value is -3.69. The summed E-state index contributed by atoms with van der Waals surface area (Å²) >= 11 is 7.63. The number of rotatable bonds is 7. The Morgan fingerprint density at radius 2 is 1.79 bits per heavy atom. The van der Waals surface area contributed by atoms with Gasteiger partial charge in [0.25, 0.3) is 17.7 Å². The van der Waals surface area contributed by atoms with Crippen LogP contribution in [-0.4, -0.2) is 29.3 Å². The van der Waals surface area contributed by atoms with Gasteiger partial charge in [-0.2, -0.15) is 0 Å². The van der Waals surface area contributed by atoms with Crippen molar-refractivity contribution in [2.75, 3.05) is 22.1 Å². The largest absolute Gasteiger partial charge is 0.492 e. The highest BCUT2D eigenvalue weighted by molar-refractivity contribution is 7.15. The summed E-state index contributed by atoms with van der Waals surface area (Å²) < 4.78 is 5.55. The van der Waals surface area contributed by atoms with Gasteiger partial charge < -0.3 is 10.1 Å². The molecule has 0 radical (unpaired) electrons. The molecular weight excluding hydrogens is 476 g/mol.